The van der Waals surface area contributed by atoms with Gasteiger partial charge < -0.3 is 0 Å². The average molecular weight is 142 g/mol. The zero-order valence-electron chi connectivity index (χ0n) is 3.92. The summed E-state index contributed by atoms with van der Waals surface area (Å²) in [6.07, 6.45) is 1.50. The van der Waals surface area contributed by atoms with Crippen LogP contribution < -0.4 is 18.6 Å². The first-order valence-corrected chi connectivity index (χ1v) is 2.56. The molecule has 0 amide bonds. The summed E-state index contributed by atoms with van der Waals surface area (Å²) >= 11 is 0. The molecule has 5 nitrogen and oxygen atoms in total. The Morgan fingerprint density at radius 1 is 1.25 bits per heavy atom. The molecule has 0 atom stereocenters. The SMILES string of the molecule is C[C+]=O.[O-][Cl+3]([O-])([O-])[O-]. The molecule has 0 spiro atoms. The Bertz CT molecular complexity index is 49.9. The molecule has 0 saturated carbocycles. The molecule has 0 aromatic carbocycles. The fraction of sp³-hybridized carbons (Fsp3) is 0.500. The van der Waals surface area contributed by atoms with E-state index in [2.05, 4.69) is 0 Å². The second-order valence-electron chi connectivity index (χ2n) is 0.582. The van der Waals surface area contributed by atoms with Gasteiger partial charge in [0, 0.05) is 4.79 Å². The van der Waals surface area contributed by atoms with Gasteiger partial charge in [-0.15, -0.1) is 10.2 Å². The number of hydrogen-bond donors (Lipinski definition) is 0. The van der Waals surface area contributed by atoms with Crippen molar-refractivity contribution >= 4 is 6.29 Å². The lowest BCUT2D eigenvalue weighted by molar-refractivity contribution is -2.00. The van der Waals surface area contributed by atoms with Gasteiger partial charge in [-0.05, 0) is 0 Å². The fourth-order valence-electron chi connectivity index (χ4n) is 0. The van der Waals surface area contributed by atoms with Crippen LogP contribution in [0.2, 0.25) is 0 Å². The van der Waals surface area contributed by atoms with Crippen molar-refractivity contribution in [2.75, 3.05) is 0 Å². The fourth-order valence-corrected chi connectivity index (χ4v) is 0. The Kier molecular flexibility index (Phi) is 6.47. The maximum Gasteiger partial charge on any atom is 0.502 e. The van der Waals surface area contributed by atoms with Crippen LogP contribution in [0.3, 0.4) is 0 Å². The van der Waals surface area contributed by atoms with Gasteiger partial charge in [-0.3, -0.25) is 0 Å². The second-order valence-corrected chi connectivity index (χ2v) is 1.34. The monoisotopic (exact) mass is 142 g/mol. The van der Waals surface area contributed by atoms with Crippen LogP contribution in [-0.4, -0.2) is 6.29 Å². The maximum absolute atomic E-state index is 8.68. The zero-order chi connectivity index (χ0) is 7.21. The van der Waals surface area contributed by atoms with E-state index in [1.54, 1.807) is 0 Å². The van der Waals surface area contributed by atoms with E-state index < -0.39 is 10.2 Å². The van der Waals surface area contributed by atoms with Crippen LogP contribution >= 0.6 is 0 Å². The van der Waals surface area contributed by atoms with E-state index in [0.29, 0.717) is 0 Å². The lowest BCUT2D eigenvalue weighted by Crippen LogP contribution is -2.68. The van der Waals surface area contributed by atoms with E-state index in [1.165, 1.54) is 13.2 Å². The minimum atomic E-state index is -4.94. The van der Waals surface area contributed by atoms with Gasteiger partial charge in [0.1, 0.15) is 0 Å². The van der Waals surface area contributed by atoms with E-state index in [4.69, 9.17) is 23.4 Å². The van der Waals surface area contributed by atoms with Gasteiger partial charge >= 0.3 is 6.29 Å². The van der Waals surface area contributed by atoms with Gasteiger partial charge in [0.2, 0.25) is 6.92 Å². The Morgan fingerprint density at radius 3 is 1.25 bits per heavy atom. The summed E-state index contributed by atoms with van der Waals surface area (Å²) in [5.74, 6) is 0. The van der Waals surface area contributed by atoms with Crippen molar-refractivity contribution in [3.8, 4) is 0 Å². The molecular formula is C2H3ClO5. The van der Waals surface area contributed by atoms with E-state index >= 15 is 0 Å². The highest BCUT2D eigenvalue weighted by Crippen LogP contribution is 1.49. The van der Waals surface area contributed by atoms with Gasteiger partial charge in [-0.25, -0.2) is 18.6 Å². The van der Waals surface area contributed by atoms with Crippen LogP contribution in [0.15, 0.2) is 0 Å². The first-order valence-electron chi connectivity index (χ1n) is 1.32. The predicted molar refractivity (Wildman–Crippen MR) is 11.4 cm³/mol. The summed E-state index contributed by atoms with van der Waals surface area (Å²) < 4.78 is 34.0. The summed E-state index contributed by atoms with van der Waals surface area (Å²) in [5.41, 5.74) is 0. The second kappa shape index (κ2) is 4.86. The van der Waals surface area contributed by atoms with Crippen molar-refractivity contribution < 1.29 is 33.7 Å². The quantitative estimate of drug-likeness (QED) is 0.316. The highest BCUT2D eigenvalue weighted by molar-refractivity contribution is 5.45. The molecule has 0 aromatic rings. The van der Waals surface area contributed by atoms with Crippen molar-refractivity contribution in [3.63, 3.8) is 0 Å². The van der Waals surface area contributed by atoms with Crippen LogP contribution in [0.4, 0.5) is 0 Å². The van der Waals surface area contributed by atoms with Gasteiger partial charge in [-0.1, -0.05) is 0 Å². The average Bonchev–Trinajstić information content (AvgIpc) is 1.27. The van der Waals surface area contributed by atoms with Crippen molar-refractivity contribution in [2.45, 2.75) is 6.92 Å². The molecule has 0 N–H and O–H groups in total. The minimum absolute atomic E-state index is 1.32. The lowest BCUT2D eigenvalue weighted by atomic mass is 11.0. The molecule has 0 aliphatic heterocycles. The van der Waals surface area contributed by atoms with Crippen LogP contribution in [0.1, 0.15) is 6.92 Å². The standard InChI is InChI=1S/C2H3O.ClHO4/c1-2-3;2-1(3,4)5/h1H3;(H,2,3,4,5)/q+1;/p-1. The molecule has 0 rings (SSSR count). The molecule has 0 saturated heterocycles. The molecule has 48 valence electrons. The van der Waals surface area contributed by atoms with Crippen molar-refractivity contribution in [1.82, 2.24) is 0 Å². The number of halogens is 1. The third-order valence-electron chi connectivity index (χ3n) is 0. The van der Waals surface area contributed by atoms with E-state index in [0.717, 1.165) is 0 Å². The Morgan fingerprint density at radius 2 is 1.25 bits per heavy atom. The Hall–Kier alpha value is -0.290. The van der Waals surface area contributed by atoms with Gasteiger partial charge in [0.05, 0.1) is 0 Å². The molecular weight excluding hydrogens is 139 g/mol. The van der Waals surface area contributed by atoms with Gasteiger partial charge in [-0.2, -0.15) is 0 Å². The largest absolute Gasteiger partial charge is 0.502 e. The first kappa shape index (κ1) is 10.6. The third-order valence-corrected chi connectivity index (χ3v) is 0. The van der Waals surface area contributed by atoms with Crippen LogP contribution in [0.25, 0.3) is 0 Å². The molecule has 0 fully saturated rings. The van der Waals surface area contributed by atoms with Crippen molar-refractivity contribution in [3.05, 3.63) is 0 Å². The summed E-state index contributed by atoms with van der Waals surface area (Å²) in [6.45, 7) is 1.32. The third kappa shape index (κ3) is 1510. The smallest absolute Gasteiger partial charge is 0.222 e. The molecule has 0 aliphatic rings. The van der Waals surface area contributed by atoms with Crippen molar-refractivity contribution in [1.29, 1.82) is 0 Å². The van der Waals surface area contributed by atoms with Crippen molar-refractivity contribution in [2.24, 2.45) is 0 Å². The highest BCUT2D eigenvalue weighted by Gasteiger charge is 1.84. The highest BCUT2D eigenvalue weighted by atomic mass is 35.7. The predicted octanol–water partition coefficient (Wildman–Crippen LogP) is -4.64. The molecule has 8 heavy (non-hydrogen) atoms. The normalized spacial score (nSPS) is 8.62. The molecule has 0 aliphatic carbocycles. The molecule has 0 unspecified atom stereocenters. The molecule has 0 bridgehead atoms. The first-order chi connectivity index (χ1) is 3.41. The molecule has 0 heterocycles. The summed E-state index contributed by atoms with van der Waals surface area (Å²) in [6, 6.07) is 0. The Labute approximate surface area is 47.9 Å². The van der Waals surface area contributed by atoms with E-state index in [9.17, 15) is 0 Å². The number of rotatable bonds is 0. The van der Waals surface area contributed by atoms with Crippen LogP contribution in [0.5, 0.6) is 0 Å². The number of carbonyl (C=O) groups excluding carboxylic acids is 1. The van der Waals surface area contributed by atoms with Crippen LogP contribution in [0, 0.1) is 10.2 Å². The molecule has 6 heteroatoms. The zero-order valence-corrected chi connectivity index (χ0v) is 4.68. The summed E-state index contributed by atoms with van der Waals surface area (Å²) in [7, 11) is -4.94. The van der Waals surface area contributed by atoms with Crippen LogP contribution in [-0.2, 0) is 4.79 Å². The van der Waals surface area contributed by atoms with Gasteiger partial charge in [0.25, 0.3) is 0 Å². The minimum Gasteiger partial charge on any atom is -0.222 e. The molecule has 0 aromatic heterocycles. The van der Waals surface area contributed by atoms with E-state index in [-0.39, 0.29) is 0 Å². The summed E-state index contributed by atoms with van der Waals surface area (Å²) in [4.78, 5) is 8.68. The lowest BCUT2D eigenvalue weighted by Gasteiger charge is -2.17. The van der Waals surface area contributed by atoms with E-state index in [1.807, 2.05) is 0 Å². The van der Waals surface area contributed by atoms with Gasteiger partial charge in [0.15, 0.2) is 0 Å². The summed E-state index contributed by atoms with van der Waals surface area (Å²) in [5, 5.41) is 0. The topological polar surface area (TPSA) is 109 Å². The molecule has 0 radical (unpaired) electrons. The Balaban J connectivity index is 0. The maximum atomic E-state index is 8.68. The number of hydrogen-bond acceptors (Lipinski definition) is 5.